The summed E-state index contributed by atoms with van der Waals surface area (Å²) in [6.07, 6.45) is 6.45. The van der Waals surface area contributed by atoms with Crippen LogP contribution in [0.1, 0.15) is 59.0 Å². The third-order valence-electron chi connectivity index (χ3n) is 2.87. The van der Waals surface area contributed by atoms with Crippen LogP contribution < -0.4 is 0 Å². The van der Waals surface area contributed by atoms with Crippen LogP contribution in [0.25, 0.3) is 6.08 Å². The molecule has 0 unspecified atom stereocenters. The first-order valence-electron chi connectivity index (χ1n) is 7.93. The van der Waals surface area contributed by atoms with Gasteiger partial charge in [-0.2, -0.15) is 0 Å². The molecule has 1 heterocycles. The minimum Gasteiger partial charge on any atom is -0.463 e. The summed E-state index contributed by atoms with van der Waals surface area (Å²) in [5.41, 5.74) is -0.107. The van der Waals surface area contributed by atoms with Crippen molar-refractivity contribution in [1.82, 2.24) is 9.55 Å². The Balaban J connectivity index is 3.08. The summed E-state index contributed by atoms with van der Waals surface area (Å²) in [4.78, 5) is 28.2. The summed E-state index contributed by atoms with van der Waals surface area (Å²) in [6, 6.07) is 0. The molecule has 0 saturated carbocycles. The predicted octanol–water partition coefficient (Wildman–Crippen LogP) is 3.59. The van der Waals surface area contributed by atoms with E-state index in [1.807, 2.05) is 20.8 Å². The standard InChI is InChI=1S/C17H26N2O4/c1-6-8-9-14-18-12-13(10-11-15(20)22-7-2)19(14)16(21)23-17(3,4)5/h10-12H,6-9H2,1-5H3. The van der Waals surface area contributed by atoms with Gasteiger partial charge in [-0.15, -0.1) is 0 Å². The fourth-order valence-corrected chi connectivity index (χ4v) is 1.90. The van der Waals surface area contributed by atoms with E-state index in [1.165, 1.54) is 16.7 Å². The number of imidazole rings is 1. The molecule has 0 atom stereocenters. The molecule has 0 aromatic carbocycles. The Hall–Kier alpha value is -2.11. The van der Waals surface area contributed by atoms with Crippen LogP contribution >= 0.6 is 0 Å². The fourth-order valence-electron chi connectivity index (χ4n) is 1.90. The van der Waals surface area contributed by atoms with Gasteiger partial charge in [0.1, 0.15) is 11.4 Å². The van der Waals surface area contributed by atoms with Crippen molar-refractivity contribution in [3.8, 4) is 0 Å². The number of nitrogens with zero attached hydrogens (tertiary/aromatic N) is 2. The van der Waals surface area contributed by atoms with Crippen LogP contribution in [-0.4, -0.2) is 33.8 Å². The molecule has 0 spiro atoms. The summed E-state index contributed by atoms with van der Waals surface area (Å²) in [7, 11) is 0. The highest BCUT2D eigenvalue weighted by atomic mass is 16.6. The molecule has 0 amide bonds. The number of aromatic nitrogens is 2. The molecule has 1 rings (SSSR count). The second-order valence-corrected chi connectivity index (χ2v) is 6.10. The Morgan fingerprint density at radius 2 is 2.00 bits per heavy atom. The van der Waals surface area contributed by atoms with Gasteiger partial charge in [0.05, 0.1) is 18.5 Å². The van der Waals surface area contributed by atoms with Gasteiger partial charge in [-0.1, -0.05) is 13.3 Å². The first-order valence-corrected chi connectivity index (χ1v) is 7.93. The molecule has 0 radical (unpaired) electrons. The molecule has 6 nitrogen and oxygen atoms in total. The molecule has 128 valence electrons. The van der Waals surface area contributed by atoms with Gasteiger partial charge in [-0.3, -0.25) is 0 Å². The van der Waals surface area contributed by atoms with E-state index in [1.54, 1.807) is 13.1 Å². The van der Waals surface area contributed by atoms with Gasteiger partial charge in [-0.25, -0.2) is 19.1 Å². The maximum absolute atomic E-state index is 12.4. The zero-order valence-electron chi connectivity index (χ0n) is 14.6. The number of carbonyl (C=O) groups is 2. The minimum atomic E-state index is -0.606. The van der Waals surface area contributed by atoms with Gasteiger partial charge in [0.2, 0.25) is 0 Å². The van der Waals surface area contributed by atoms with Crippen LogP contribution in [0.2, 0.25) is 0 Å². The lowest BCUT2D eigenvalue weighted by Gasteiger charge is -2.20. The number of hydrogen-bond acceptors (Lipinski definition) is 5. The second kappa shape index (κ2) is 8.50. The Labute approximate surface area is 137 Å². The second-order valence-electron chi connectivity index (χ2n) is 6.10. The van der Waals surface area contributed by atoms with Gasteiger partial charge in [0.25, 0.3) is 0 Å². The average Bonchev–Trinajstić information content (AvgIpc) is 2.84. The third-order valence-corrected chi connectivity index (χ3v) is 2.87. The number of rotatable bonds is 6. The van der Waals surface area contributed by atoms with E-state index in [0.717, 1.165) is 12.8 Å². The topological polar surface area (TPSA) is 70.4 Å². The van der Waals surface area contributed by atoms with Crippen molar-refractivity contribution >= 4 is 18.1 Å². The first-order chi connectivity index (χ1) is 10.8. The molecular formula is C17H26N2O4. The van der Waals surface area contributed by atoms with Gasteiger partial charge in [0.15, 0.2) is 0 Å². The lowest BCUT2D eigenvalue weighted by molar-refractivity contribution is -0.137. The quantitative estimate of drug-likeness (QED) is 0.591. The molecule has 1 aromatic rings. The molecular weight excluding hydrogens is 296 g/mol. The van der Waals surface area contributed by atoms with Crippen molar-refractivity contribution in [1.29, 1.82) is 0 Å². The first kappa shape index (κ1) is 18.9. The van der Waals surface area contributed by atoms with E-state index >= 15 is 0 Å². The maximum Gasteiger partial charge on any atom is 0.420 e. The molecule has 0 aliphatic heterocycles. The SMILES string of the molecule is CCCCc1ncc(C=CC(=O)OCC)n1C(=O)OC(C)(C)C. The monoisotopic (exact) mass is 322 g/mol. The van der Waals surface area contributed by atoms with E-state index in [2.05, 4.69) is 11.9 Å². The number of hydrogen-bond donors (Lipinski definition) is 0. The van der Waals surface area contributed by atoms with E-state index in [0.29, 0.717) is 24.5 Å². The van der Waals surface area contributed by atoms with Gasteiger partial charge >= 0.3 is 12.1 Å². The molecule has 0 fully saturated rings. The Bertz CT molecular complexity index is 568. The lowest BCUT2D eigenvalue weighted by atomic mass is 10.2. The van der Waals surface area contributed by atoms with Crippen molar-refractivity contribution in [2.45, 2.75) is 59.5 Å². The summed E-state index contributed by atoms with van der Waals surface area (Å²) in [5, 5.41) is 0. The van der Waals surface area contributed by atoms with E-state index < -0.39 is 17.7 Å². The third kappa shape index (κ3) is 6.26. The van der Waals surface area contributed by atoms with Gasteiger partial charge in [-0.05, 0) is 40.2 Å². The Kier molecular flexibility index (Phi) is 7.00. The van der Waals surface area contributed by atoms with E-state index in [4.69, 9.17) is 9.47 Å². The molecule has 23 heavy (non-hydrogen) atoms. The number of aryl methyl sites for hydroxylation is 1. The largest absolute Gasteiger partial charge is 0.463 e. The molecule has 0 N–H and O–H groups in total. The zero-order valence-corrected chi connectivity index (χ0v) is 14.6. The van der Waals surface area contributed by atoms with Crippen molar-refractivity contribution in [3.05, 3.63) is 23.8 Å². The van der Waals surface area contributed by atoms with Crippen LogP contribution in [-0.2, 0) is 20.7 Å². The minimum absolute atomic E-state index is 0.302. The molecule has 0 bridgehead atoms. The highest BCUT2D eigenvalue weighted by molar-refractivity contribution is 5.87. The van der Waals surface area contributed by atoms with E-state index in [-0.39, 0.29) is 0 Å². The fraction of sp³-hybridized carbons (Fsp3) is 0.588. The predicted molar refractivity (Wildman–Crippen MR) is 88.1 cm³/mol. The van der Waals surface area contributed by atoms with E-state index in [9.17, 15) is 9.59 Å². The summed E-state index contributed by atoms with van der Waals surface area (Å²) in [6.45, 7) is 9.53. The number of esters is 1. The van der Waals surface area contributed by atoms with Gasteiger partial charge in [0, 0.05) is 12.5 Å². The zero-order chi connectivity index (χ0) is 17.5. The van der Waals surface area contributed by atoms with Crippen molar-refractivity contribution in [2.24, 2.45) is 0 Å². The highest BCUT2D eigenvalue weighted by Crippen LogP contribution is 2.15. The van der Waals surface area contributed by atoms with Crippen LogP contribution in [0.4, 0.5) is 4.79 Å². The van der Waals surface area contributed by atoms with Crippen LogP contribution in [0.3, 0.4) is 0 Å². The molecule has 1 aromatic heterocycles. The van der Waals surface area contributed by atoms with Crippen molar-refractivity contribution in [2.75, 3.05) is 6.61 Å². The van der Waals surface area contributed by atoms with Crippen molar-refractivity contribution in [3.63, 3.8) is 0 Å². The number of unbranched alkanes of at least 4 members (excludes halogenated alkanes) is 1. The van der Waals surface area contributed by atoms with Crippen LogP contribution in [0, 0.1) is 0 Å². The van der Waals surface area contributed by atoms with Gasteiger partial charge < -0.3 is 9.47 Å². The average molecular weight is 322 g/mol. The molecule has 0 aliphatic rings. The molecule has 0 saturated heterocycles. The number of ether oxygens (including phenoxy) is 2. The normalized spacial score (nSPS) is 11.7. The molecule has 6 heteroatoms. The van der Waals surface area contributed by atoms with Crippen LogP contribution in [0.5, 0.6) is 0 Å². The maximum atomic E-state index is 12.4. The van der Waals surface area contributed by atoms with Crippen LogP contribution in [0.15, 0.2) is 12.3 Å². The molecule has 0 aliphatic carbocycles. The smallest absolute Gasteiger partial charge is 0.420 e. The van der Waals surface area contributed by atoms with Crippen molar-refractivity contribution < 1.29 is 19.1 Å². The highest BCUT2D eigenvalue weighted by Gasteiger charge is 2.22. The summed E-state index contributed by atoms with van der Waals surface area (Å²) >= 11 is 0. The Morgan fingerprint density at radius 3 is 2.57 bits per heavy atom. The summed E-state index contributed by atoms with van der Waals surface area (Å²) in [5.74, 6) is 0.171. The number of carbonyl (C=O) groups excluding carboxylic acids is 2. The summed E-state index contributed by atoms with van der Waals surface area (Å²) < 4.78 is 11.7. The lowest BCUT2D eigenvalue weighted by Crippen LogP contribution is -2.28. The Morgan fingerprint density at radius 1 is 1.30 bits per heavy atom.